The minimum atomic E-state index is 0.284. The van der Waals surface area contributed by atoms with Gasteiger partial charge in [-0.25, -0.2) is 0 Å². The predicted molar refractivity (Wildman–Crippen MR) is 52.1 cm³/mol. The van der Waals surface area contributed by atoms with E-state index in [1.165, 1.54) is 0 Å². The number of aliphatic hydroxyl groups is 1. The minimum absolute atomic E-state index is 0.284. The standard InChI is InChI=1S/C9H22N2O/c1-9(2)11(6-3-5-10)7-4-8-12/h9,12H,3-8,10H2,1-2H3. The van der Waals surface area contributed by atoms with Crippen molar-refractivity contribution in [1.82, 2.24) is 4.90 Å². The molecule has 0 aliphatic heterocycles. The molecule has 3 N–H and O–H groups in total. The van der Waals surface area contributed by atoms with Gasteiger partial charge in [0.1, 0.15) is 0 Å². The maximum absolute atomic E-state index is 8.67. The van der Waals surface area contributed by atoms with Gasteiger partial charge in [-0.15, -0.1) is 0 Å². The lowest BCUT2D eigenvalue weighted by atomic mass is 10.2. The van der Waals surface area contributed by atoms with Crippen LogP contribution in [0, 0.1) is 0 Å². The van der Waals surface area contributed by atoms with Crippen LogP contribution in [-0.2, 0) is 0 Å². The first-order valence-corrected chi connectivity index (χ1v) is 4.77. The summed E-state index contributed by atoms with van der Waals surface area (Å²) in [7, 11) is 0. The third-order valence-electron chi connectivity index (χ3n) is 1.98. The highest BCUT2D eigenvalue weighted by Crippen LogP contribution is 2.00. The Kier molecular flexibility index (Phi) is 7.45. The highest BCUT2D eigenvalue weighted by atomic mass is 16.3. The van der Waals surface area contributed by atoms with Crippen LogP contribution >= 0.6 is 0 Å². The maximum Gasteiger partial charge on any atom is 0.0443 e. The summed E-state index contributed by atoms with van der Waals surface area (Å²) in [6, 6.07) is 0.558. The van der Waals surface area contributed by atoms with Gasteiger partial charge in [-0.05, 0) is 39.8 Å². The van der Waals surface area contributed by atoms with Gasteiger partial charge in [0.05, 0.1) is 0 Å². The molecular weight excluding hydrogens is 152 g/mol. The second-order valence-corrected chi connectivity index (χ2v) is 3.35. The topological polar surface area (TPSA) is 49.5 Å². The lowest BCUT2D eigenvalue weighted by molar-refractivity contribution is 0.191. The van der Waals surface area contributed by atoms with Crippen LogP contribution < -0.4 is 5.73 Å². The molecule has 0 spiro atoms. The predicted octanol–water partition coefficient (Wildman–Crippen LogP) is 0.428. The third kappa shape index (κ3) is 5.52. The van der Waals surface area contributed by atoms with Crippen molar-refractivity contribution in [2.24, 2.45) is 5.73 Å². The van der Waals surface area contributed by atoms with Gasteiger partial charge in [0.25, 0.3) is 0 Å². The van der Waals surface area contributed by atoms with E-state index in [0.717, 1.165) is 32.5 Å². The van der Waals surface area contributed by atoms with Crippen LogP contribution in [0.4, 0.5) is 0 Å². The zero-order valence-electron chi connectivity index (χ0n) is 8.29. The van der Waals surface area contributed by atoms with Gasteiger partial charge in [0.2, 0.25) is 0 Å². The Labute approximate surface area is 75.6 Å². The normalized spacial score (nSPS) is 11.5. The van der Waals surface area contributed by atoms with Crippen LogP contribution in [0.25, 0.3) is 0 Å². The van der Waals surface area contributed by atoms with E-state index in [-0.39, 0.29) is 6.61 Å². The lowest BCUT2D eigenvalue weighted by Crippen LogP contribution is -2.34. The molecule has 0 saturated carbocycles. The number of aliphatic hydroxyl groups excluding tert-OH is 1. The minimum Gasteiger partial charge on any atom is -0.396 e. The van der Waals surface area contributed by atoms with Crippen molar-refractivity contribution in [2.75, 3.05) is 26.2 Å². The zero-order valence-corrected chi connectivity index (χ0v) is 8.29. The lowest BCUT2D eigenvalue weighted by Gasteiger charge is -2.25. The first-order valence-electron chi connectivity index (χ1n) is 4.77. The molecule has 0 aromatic heterocycles. The molecule has 0 fully saturated rings. The van der Waals surface area contributed by atoms with Crippen LogP contribution in [0.3, 0.4) is 0 Å². The summed E-state index contributed by atoms with van der Waals surface area (Å²) in [5, 5.41) is 8.67. The summed E-state index contributed by atoms with van der Waals surface area (Å²) in [6.45, 7) is 7.41. The average molecular weight is 174 g/mol. The van der Waals surface area contributed by atoms with Gasteiger partial charge in [-0.1, -0.05) is 0 Å². The summed E-state index contributed by atoms with van der Waals surface area (Å²) in [5.74, 6) is 0. The molecule has 3 nitrogen and oxygen atoms in total. The van der Waals surface area contributed by atoms with E-state index in [4.69, 9.17) is 10.8 Å². The Morgan fingerprint density at radius 2 is 1.83 bits per heavy atom. The number of hydrogen-bond acceptors (Lipinski definition) is 3. The third-order valence-corrected chi connectivity index (χ3v) is 1.98. The van der Waals surface area contributed by atoms with Gasteiger partial charge in [0.15, 0.2) is 0 Å². The summed E-state index contributed by atoms with van der Waals surface area (Å²) in [5.41, 5.74) is 5.43. The first-order chi connectivity index (χ1) is 5.72. The molecule has 0 rings (SSSR count). The van der Waals surface area contributed by atoms with E-state index in [0.29, 0.717) is 6.04 Å². The van der Waals surface area contributed by atoms with Gasteiger partial charge >= 0.3 is 0 Å². The molecule has 0 atom stereocenters. The van der Waals surface area contributed by atoms with E-state index in [9.17, 15) is 0 Å². The Morgan fingerprint density at radius 1 is 1.25 bits per heavy atom. The fraction of sp³-hybridized carbons (Fsp3) is 1.00. The molecular formula is C9H22N2O. The summed E-state index contributed by atoms with van der Waals surface area (Å²) in [6.07, 6.45) is 1.91. The SMILES string of the molecule is CC(C)N(CCCN)CCCO. The molecule has 0 heterocycles. The van der Waals surface area contributed by atoms with Crippen molar-refractivity contribution in [2.45, 2.75) is 32.7 Å². The first kappa shape index (κ1) is 11.9. The fourth-order valence-corrected chi connectivity index (χ4v) is 1.20. The molecule has 3 heteroatoms. The second kappa shape index (κ2) is 7.53. The maximum atomic E-state index is 8.67. The molecule has 0 aliphatic rings. The van der Waals surface area contributed by atoms with Gasteiger partial charge in [-0.3, -0.25) is 0 Å². The number of hydrogen-bond donors (Lipinski definition) is 2. The quantitative estimate of drug-likeness (QED) is 0.588. The Morgan fingerprint density at radius 3 is 2.25 bits per heavy atom. The van der Waals surface area contributed by atoms with Crippen LogP contribution in [0.15, 0.2) is 0 Å². The van der Waals surface area contributed by atoms with E-state index < -0.39 is 0 Å². The molecule has 0 bridgehead atoms. The Hall–Kier alpha value is -0.120. The molecule has 12 heavy (non-hydrogen) atoms. The van der Waals surface area contributed by atoms with Crippen LogP contribution in [0.1, 0.15) is 26.7 Å². The van der Waals surface area contributed by atoms with Crippen molar-refractivity contribution in [3.8, 4) is 0 Å². The molecule has 0 aromatic rings. The molecule has 0 saturated heterocycles. The summed E-state index contributed by atoms with van der Waals surface area (Å²) < 4.78 is 0. The number of nitrogens with zero attached hydrogens (tertiary/aromatic N) is 1. The van der Waals surface area contributed by atoms with E-state index in [1.54, 1.807) is 0 Å². The molecule has 74 valence electrons. The summed E-state index contributed by atoms with van der Waals surface area (Å²) in [4.78, 5) is 2.35. The zero-order chi connectivity index (χ0) is 9.40. The molecule has 0 aliphatic carbocycles. The van der Waals surface area contributed by atoms with Gasteiger partial charge in [0, 0.05) is 19.2 Å². The van der Waals surface area contributed by atoms with E-state index >= 15 is 0 Å². The highest BCUT2D eigenvalue weighted by Gasteiger charge is 2.06. The van der Waals surface area contributed by atoms with Crippen molar-refractivity contribution < 1.29 is 5.11 Å². The monoisotopic (exact) mass is 174 g/mol. The largest absolute Gasteiger partial charge is 0.396 e. The highest BCUT2D eigenvalue weighted by molar-refractivity contribution is 4.62. The van der Waals surface area contributed by atoms with Crippen LogP contribution in [-0.4, -0.2) is 42.3 Å². The van der Waals surface area contributed by atoms with Crippen molar-refractivity contribution in [1.29, 1.82) is 0 Å². The second-order valence-electron chi connectivity index (χ2n) is 3.35. The van der Waals surface area contributed by atoms with E-state index in [2.05, 4.69) is 18.7 Å². The number of nitrogens with two attached hydrogens (primary N) is 1. The van der Waals surface area contributed by atoms with Crippen molar-refractivity contribution in [3.63, 3.8) is 0 Å². The van der Waals surface area contributed by atoms with Gasteiger partial charge < -0.3 is 15.7 Å². The Bertz CT molecular complexity index is 88.5. The summed E-state index contributed by atoms with van der Waals surface area (Å²) >= 11 is 0. The van der Waals surface area contributed by atoms with Gasteiger partial charge in [-0.2, -0.15) is 0 Å². The Balaban J connectivity index is 3.55. The smallest absolute Gasteiger partial charge is 0.0443 e. The van der Waals surface area contributed by atoms with Crippen molar-refractivity contribution >= 4 is 0 Å². The average Bonchev–Trinajstić information content (AvgIpc) is 2.04. The number of rotatable bonds is 7. The van der Waals surface area contributed by atoms with Crippen molar-refractivity contribution in [3.05, 3.63) is 0 Å². The molecule has 0 radical (unpaired) electrons. The fourth-order valence-electron chi connectivity index (χ4n) is 1.20. The molecule has 0 aromatic carbocycles. The van der Waals surface area contributed by atoms with Crippen LogP contribution in [0.2, 0.25) is 0 Å². The van der Waals surface area contributed by atoms with Crippen LogP contribution in [0.5, 0.6) is 0 Å². The molecule has 0 unspecified atom stereocenters. The molecule has 0 amide bonds. The van der Waals surface area contributed by atoms with E-state index in [1.807, 2.05) is 0 Å².